The number of pyridine rings is 1. The van der Waals surface area contributed by atoms with Gasteiger partial charge in [0.25, 0.3) is 5.91 Å². The van der Waals surface area contributed by atoms with E-state index in [2.05, 4.69) is 15.7 Å². The second kappa shape index (κ2) is 6.58. The summed E-state index contributed by atoms with van der Waals surface area (Å²) in [7, 11) is 1.85. The van der Waals surface area contributed by atoms with Gasteiger partial charge in [-0.25, -0.2) is 9.78 Å². The van der Waals surface area contributed by atoms with Gasteiger partial charge in [-0.3, -0.25) is 14.4 Å². The van der Waals surface area contributed by atoms with Crippen LogP contribution in [0.25, 0.3) is 11.0 Å². The van der Waals surface area contributed by atoms with E-state index < -0.39 is 0 Å². The molecule has 5 rings (SSSR count). The minimum atomic E-state index is -0.196. The molecule has 1 saturated carbocycles. The summed E-state index contributed by atoms with van der Waals surface area (Å²) < 4.78 is 1.74. The Kier molecular flexibility index (Phi) is 4.01. The molecule has 2 aliphatic rings. The number of rotatable bonds is 4. The van der Waals surface area contributed by atoms with Crippen LogP contribution in [0.2, 0.25) is 0 Å². The van der Waals surface area contributed by atoms with Crippen molar-refractivity contribution in [3.8, 4) is 0 Å². The Hall–Kier alpha value is -3.42. The average Bonchev–Trinajstić information content (AvgIpc) is 3.41. The zero-order valence-corrected chi connectivity index (χ0v) is 16.4. The number of carbonyl (C=O) groups is 2. The third-order valence-electron chi connectivity index (χ3n) is 5.50. The lowest BCUT2D eigenvalue weighted by Crippen LogP contribution is -2.27. The minimum Gasteiger partial charge on any atom is -0.336 e. The highest BCUT2D eigenvalue weighted by atomic mass is 16.2. The molecule has 3 aromatic rings. The van der Waals surface area contributed by atoms with Gasteiger partial charge in [-0.1, -0.05) is 6.07 Å². The van der Waals surface area contributed by atoms with Gasteiger partial charge in [0.05, 0.1) is 16.6 Å². The molecule has 29 heavy (non-hydrogen) atoms. The molecule has 3 heterocycles. The number of carbonyl (C=O) groups excluding carboxylic acids is 2. The minimum absolute atomic E-state index is 0.121. The number of aryl methyl sites for hydroxylation is 2. The summed E-state index contributed by atoms with van der Waals surface area (Å²) in [4.78, 5) is 31.6. The number of urea groups is 1. The first-order valence-corrected chi connectivity index (χ1v) is 9.82. The first-order valence-electron chi connectivity index (χ1n) is 9.82. The first kappa shape index (κ1) is 17.7. The van der Waals surface area contributed by atoms with Crippen molar-refractivity contribution in [2.24, 2.45) is 7.05 Å². The molecule has 8 heteroatoms. The van der Waals surface area contributed by atoms with Crippen molar-refractivity contribution in [2.45, 2.75) is 25.7 Å². The number of hydrogen-bond acceptors (Lipinski definition) is 4. The molecule has 1 saturated heterocycles. The molecular weight excluding hydrogens is 368 g/mol. The maximum Gasteiger partial charge on any atom is 0.321 e. The Balaban J connectivity index is 1.50. The smallest absolute Gasteiger partial charge is 0.321 e. The first-order chi connectivity index (χ1) is 14.0. The van der Waals surface area contributed by atoms with Gasteiger partial charge in [-0.05, 0) is 44.0 Å². The summed E-state index contributed by atoms with van der Waals surface area (Å²) in [5.74, 6) is 0.233. The number of benzene rings is 1. The SMILES string of the molecule is Cc1nn(C)c2nc(C3CC3)cc(C(=O)Nc3cccc(N4CCNC4=O)c3)c12. The number of aromatic nitrogens is 3. The second-order valence-electron chi connectivity index (χ2n) is 7.66. The van der Waals surface area contributed by atoms with Gasteiger partial charge >= 0.3 is 6.03 Å². The lowest BCUT2D eigenvalue weighted by Gasteiger charge is -2.16. The largest absolute Gasteiger partial charge is 0.336 e. The van der Waals surface area contributed by atoms with Gasteiger partial charge in [0.1, 0.15) is 0 Å². The van der Waals surface area contributed by atoms with Crippen molar-refractivity contribution in [3.05, 3.63) is 47.3 Å². The Morgan fingerprint density at radius 1 is 1.28 bits per heavy atom. The standard InChI is InChI=1S/C21H22N6O2/c1-12-18-16(11-17(13-6-7-13)24-19(18)26(2)25-12)20(28)23-14-4-3-5-15(10-14)27-9-8-22-21(27)29/h3-5,10-11,13H,6-9H2,1-2H3,(H,22,29)(H,23,28). The zero-order valence-electron chi connectivity index (χ0n) is 16.4. The number of anilines is 2. The molecule has 1 aromatic carbocycles. The lowest BCUT2D eigenvalue weighted by atomic mass is 10.1. The van der Waals surface area contributed by atoms with Gasteiger partial charge in [0.2, 0.25) is 0 Å². The molecule has 2 aromatic heterocycles. The lowest BCUT2D eigenvalue weighted by molar-refractivity contribution is 0.102. The fraction of sp³-hybridized carbons (Fsp3) is 0.333. The third kappa shape index (κ3) is 3.10. The Bertz CT molecular complexity index is 1150. The predicted molar refractivity (Wildman–Crippen MR) is 110 cm³/mol. The molecule has 2 N–H and O–H groups in total. The number of fused-ring (bicyclic) bond motifs is 1. The number of amides is 3. The van der Waals surface area contributed by atoms with Crippen LogP contribution in [-0.2, 0) is 7.05 Å². The molecule has 3 amide bonds. The molecule has 0 spiro atoms. The summed E-state index contributed by atoms with van der Waals surface area (Å²) in [5.41, 5.74) is 4.46. The quantitative estimate of drug-likeness (QED) is 0.716. The molecule has 2 fully saturated rings. The van der Waals surface area contributed by atoms with Crippen molar-refractivity contribution >= 4 is 34.3 Å². The van der Waals surface area contributed by atoms with Crippen molar-refractivity contribution in [1.82, 2.24) is 20.1 Å². The van der Waals surface area contributed by atoms with E-state index in [1.54, 1.807) is 9.58 Å². The number of nitrogens with zero attached hydrogens (tertiary/aromatic N) is 4. The summed E-state index contributed by atoms with van der Waals surface area (Å²) >= 11 is 0. The van der Waals surface area contributed by atoms with Crippen LogP contribution in [0.3, 0.4) is 0 Å². The van der Waals surface area contributed by atoms with E-state index >= 15 is 0 Å². The molecular formula is C21H22N6O2. The fourth-order valence-corrected chi connectivity index (χ4v) is 3.90. The molecule has 1 aliphatic carbocycles. The number of nitrogens with one attached hydrogen (secondary N) is 2. The molecule has 0 atom stereocenters. The van der Waals surface area contributed by atoms with Crippen molar-refractivity contribution in [3.63, 3.8) is 0 Å². The Morgan fingerprint density at radius 2 is 2.10 bits per heavy atom. The van der Waals surface area contributed by atoms with E-state index in [9.17, 15) is 9.59 Å². The van der Waals surface area contributed by atoms with Crippen LogP contribution >= 0.6 is 0 Å². The van der Waals surface area contributed by atoms with E-state index in [0.29, 0.717) is 30.3 Å². The van der Waals surface area contributed by atoms with Gasteiger partial charge in [0, 0.05) is 43.1 Å². The maximum absolute atomic E-state index is 13.2. The highest BCUT2D eigenvalue weighted by Crippen LogP contribution is 2.40. The molecule has 148 valence electrons. The van der Waals surface area contributed by atoms with Gasteiger partial charge in [0.15, 0.2) is 5.65 Å². The highest BCUT2D eigenvalue weighted by molar-refractivity contribution is 6.13. The van der Waals surface area contributed by atoms with Crippen molar-refractivity contribution < 1.29 is 9.59 Å². The van der Waals surface area contributed by atoms with E-state index in [1.807, 2.05) is 44.3 Å². The normalized spacial score (nSPS) is 16.3. The topological polar surface area (TPSA) is 92.2 Å². The molecule has 0 radical (unpaired) electrons. The summed E-state index contributed by atoms with van der Waals surface area (Å²) in [5, 5.41) is 11.0. The van der Waals surface area contributed by atoms with Crippen LogP contribution in [-0.4, -0.2) is 39.8 Å². The fourth-order valence-electron chi connectivity index (χ4n) is 3.90. The van der Waals surface area contributed by atoms with E-state index in [4.69, 9.17) is 4.98 Å². The van der Waals surface area contributed by atoms with Crippen molar-refractivity contribution in [1.29, 1.82) is 0 Å². The zero-order chi connectivity index (χ0) is 20.1. The van der Waals surface area contributed by atoms with Crippen LogP contribution in [0.4, 0.5) is 16.2 Å². The van der Waals surface area contributed by atoms with Gasteiger partial charge < -0.3 is 10.6 Å². The summed E-state index contributed by atoms with van der Waals surface area (Å²) in [6.45, 7) is 3.12. The van der Waals surface area contributed by atoms with Crippen LogP contribution in [0.5, 0.6) is 0 Å². The second-order valence-corrected chi connectivity index (χ2v) is 7.66. The van der Waals surface area contributed by atoms with Crippen LogP contribution in [0.15, 0.2) is 30.3 Å². The Morgan fingerprint density at radius 3 is 2.83 bits per heavy atom. The van der Waals surface area contributed by atoms with Crippen LogP contribution in [0.1, 0.15) is 40.5 Å². The van der Waals surface area contributed by atoms with Crippen LogP contribution in [0, 0.1) is 6.92 Å². The highest BCUT2D eigenvalue weighted by Gasteiger charge is 2.28. The average molecular weight is 390 g/mol. The molecule has 1 aliphatic heterocycles. The van der Waals surface area contributed by atoms with Gasteiger partial charge in [-0.15, -0.1) is 0 Å². The predicted octanol–water partition coefficient (Wildman–Crippen LogP) is 2.94. The number of hydrogen-bond donors (Lipinski definition) is 2. The van der Waals surface area contributed by atoms with Gasteiger partial charge in [-0.2, -0.15) is 5.10 Å². The monoisotopic (exact) mass is 390 g/mol. The molecule has 0 unspecified atom stereocenters. The maximum atomic E-state index is 13.2. The van der Waals surface area contributed by atoms with E-state index in [-0.39, 0.29) is 11.9 Å². The Labute approximate surface area is 167 Å². The van der Waals surface area contributed by atoms with Crippen molar-refractivity contribution in [2.75, 3.05) is 23.3 Å². The molecule has 0 bridgehead atoms. The summed E-state index contributed by atoms with van der Waals surface area (Å²) in [6.07, 6.45) is 2.21. The van der Waals surface area contributed by atoms with E-state index in [1.165, 1.54) is 0 Å². The van der Waals surface area contributed by atoms with E-state index in [0.717, 1.165) is 41.0 Å². The van der Waals surface area contributed by atoms with Crippen LogP contribution < -0.4 is 15.5 Å². The third-order valence-corrected chi connectivity index (χ3v) is 5.50. The molecule has 8 nitrogen and oxygen atoms in total. The summed E-state index contributed by atoms with van der Waals surface area (Å²) in [6, 6.07) is 9.13.